The number of hydrogen-bond donors (Lipinski definition) is 1. The van der Waals surface area contributed by atoms with E-state index in [0.717, 1.165) is 6.61 Å². The lowest BCUT2D eigenvalue weighted by atomic mass is 10.2. The van der Waals surface area contributed by atoms with Gasteiger partial charge in [0.05, 0.1) is 6.10 Å². The quantitative estimate of drug-likeness (QED) is 0.634. The van der Waals surface area contributed by atoms with Gasteiger partial charge in [-0.25, -0.2) is 5.01 Å². The van der Waals surface area contributed by atoms with Crippen molar-refractivity contribution in [3.63, 3.8) is 0 Å². The molecule has 0 spiro atoms. The molecule has 0 aromatic rings. The van der Waals surface area contributed by atoms with Crippen LogP contribution in [0.25, 0.3) is 0 Å². The van der Waals surface area contributed by atoms with Crippen LogP contribution in [0, 0.1) is 0 Å². The van der Waals surface area contributed by atoms with Crippen molar-refractivity contribution in [1.82, 2.24) is 10.4 Å². The largest absolute Gasteiger partial charge is 0.374 e. The van der Waals surface area contributed by atoms with Crippen molar-refractivity contribution in [2.45, 2.75) is 26.9 Å². The molecule has 0 unspecified atom stereocenters. The summed E-state index contributed by atoms with van der Waals surface area (Å²) in [5, 5.41) is 1.89. The molecule has 0 aliphatic heterocycles. The predicted molar refractivity (Wildman–Crippen MR) is 51.7 cm³/mol. The van der Waals surface area contributed by atoms with E-state index >= 15 is 0 Å². The molecule has 3 heteroatoms. The van der Waals surface area contributed by atoms with Crippen molar-refractivity contribution in [2.24, 2.45) is 0 Å². The lowest BCUT2D eigenvalue weighted by Crippen LogP contribution is -2.26. The van der Waals surface area contributed by atoms with E-state index in [0.29, 0.717) is 0 Å². The lowest BCUT2D eigenvalue weighted by Gasteiger charge is -2.15. The van der Waals surface area contributed by atoms with Gasteiger partial charge >= 0.3 is 0 Å². The Morgan fingerprint density at radius 1 is 1.58 bits per heavy atom. The molecular weight excluding hydrogens is 152 g/mol. The highest BCUT2D eigenvalue weighted by molar-refractivity contribution is 5.01. The summed E-state index contributed by atoms with van der Waals surface area (Å²) in [6.07, 6.45) is 2.16. The molecule has 0 fully saturated rings. The van der Waals surface area contributed by atoms with Gasteiger partial charge in [0.15, 0.2) is 0 Å². The van der Waals surface area contributed by atoms with E-state index in [1.54, 1.807) is 0 Å². The minimum Gasteiger partial charge on any atom is -0.374 e. The molecule has 12 heavy (non-hydrogen) atoms. The van der Waals surface area contributed by atoms with E-state index in [4.69, 9.17) is 4.74 Å². The smallest absolute Gasteiger partial charge is 0.0771 e. The Hall–Kier alpha value is -0.540. The van der Waals surface area contributed by atoms with E-state index in [1.165, 1.54) is 5.57 Å². The highest BCUT2D eigenvalue weighted by Gasteiger charge is 2.01. The second kappa shape index (κ2) is 6.03. The highest BCUT2D eigenvalue weighted by Crippen LogP contribution is 2.03. The first-order chi connectivity index (χ1) is 5.57. The molecule has 0 radical (unpaired) electrons. The minimum absolute atomic E-state index is 0.197. The van der Waals surface area contributed by atoms with Gasteiger partial charge < -0.3 is 10.2 Å². The zero-order valence-electron chi connectivity index (χ0n) is 8.72. The third-order valence-corrected chi connectivity index (χ3v) is 1.61. The molecule has 0 saturated carbocycles. The molecule has 0 aliphatic carbocycles. The molecular formula is C9H20N2O. The number of hydrogen-bond acceptors (Lipinski definition) is 3. The van der Waals surface area contributed by atoms with Crippen molar-refractivity contribution < 1.29 is 4.74 Å². The van der Waals surface area contributed by atoms with Crippen molar-refractivity contribution in [3.05, 3.63) is 11.8 Å². The van der Waals surface area contributed by atoms with E-state index in [9.17, 15) is 0 Å². The average molecular weight is 172 g/mol. The summed E-state index contributed by atoms with van der Waals surface area (Å²) in [6, 6.07) is 0. The zero-order valence-corrected chi connectivity index (χ0v) is 8.72. The molecule has 0 aliphatic rings. The van der Waals surface area contributed by atoms with Gasteiger partial charge in [-0.3, -0.25) is 0 Å². The van der Waals surface area contributed by atoms with Gasteiger partial charge in [-0.05, 0) is 26.3 Å². The highest BCUT2D eigenvalue weighted by atomic mass is 16.5. The first-order valence-corrected chi connectivity index (χ1v) is 4.29. The van der Waals surface area contributed by atoms with Crippen LogP contribution in [0.4, 0.5) is 0 Å². The first-order valence-electron chi connectivity index (χ1n) is 4.29. The topological polar surface area (TPSA) is 24.5 Å². The Kier molecular flexibility index (Phi) is 5.76. The summed E-state index contributed by atoms with van der Waals surface area (Å²) in [5.74, 6) is 0. The second-order valence-electron chi connectivity index (χ2n) is 3.01. The van der Waals surface area contributed by atoms with E-state index in [1.807, 2.05) is 39.2 Å². The van der Waals surface area contributed by atoms with Crippen LogP contribution < -0.4 is 5.43 Å². The van der Waals surface area contributed by atoms with Gasteiger partial charge in [-0.1, -0.05) is 0 Å². The molecule has 0 bridgehead atoms. The van der Waals surface area contributed by atoms with E-state index in [-0.39, 0.29) is 6.10 Å². The number of nitrogens with one attached hydrogen (secondary N) is 1. The molecule has 3 nitrogen and oxygen atoms in total. The third kappa shape index (κ3) is 5.16. The summed E-state index contributed by atoms with van der Waals surface area (Å²) < 4.78 is 5.41. The van der Waals surface area contributed by atoms with Crippen LogP contribution in [0.1, 0.15) is 20.8 Å². The molecule has 72 valence electrons. The third-order valence-electron chi connectivity index (χ3n) is 1.61. The van der Waals surface area contributed by atoms with Crippen LogP contribution >= 0.6 is 0 Å². The molecule has 1 N–H and O–H groups in total. The van der Waals surface area contributed by atoms with Crippen LogP contribution in [0.3, 0.4) is 0 Å². The Morgan fingerprint density at radius 2 is 2.17 bits per heavy atom. The molecule has 0 amide bonds. The lowest BCUT2D eigenvalue weighted by molar-refractivity contribution is 0.100. The van der Waals surface area contributed by atoms with Gasteiger partial charge in [0.1, 0.15) is 0 Å². The van der Waals surface area contributed by atoms with Crippen LogP contribution in [0.5, 0.6) is 0 Å². The van der Waals surface area contributed by atoms with Crippen molar-refractivity contribution in [3.8, 4) is 0 Å². The number of rotatable bonds is 5. The van der Waals surface area contributed by atoms with Gasteiger partial charge in [-0.15, -0.1) is 0 Å². The van der Waals surface area contributed by atoms with Crippen molar-refractivity contribution >= 4 is 0 Å². The molecule has 0 heterocycles. The van der Waals surface area contributed by atoms with Crippen molar-refractivity contribution in [2.75, 3.05) is 20.7 Å². The fraction of sp³-hybridized carbons (Fsp3) is 0.778. The molecule has 0 rings (SSSR count). The van der Waals surface area contributed by atoms with Gasteiger partial charge in [-0.2, -0.15) is 0 Å². The molecule has 0 saturated heterocycles. The van der Waals surface area contributed by atoms with E-state index < -0.39 is 0 Å². The van der Waals surface area contributed by atoms with Gasteiger partial charge in [0.2, 0.25) is 0 Å². The summed E-state index contributed by atoms with van der Waals surface area (Å²) in [7, 11) is 3.91. The molecule has 0 aromatic carbocycles. The number of hydrazine groups is 1. The van der Waals surface area contributed by atoms with Crippen LogP contribution in [-0.2, 0) is 4.74 Å². The predicted octanol–water partition coefficient (Wildman–Crippen LogP) is 1.38. The normalized spacial score (nSPS) is 15.0. The zero-order chi connectivity index (χ0) is 9.56. The summed E-state index contributed by atoms with van der Waals surface area (Å²) in [6.45, 7) is 6.86. The monoisotopic (exact) mass is 172 g/mol. The second-order valence-corrected chi connectivity index (χ2v) is 3.01. The summed E-state index contributed by atoms with van der Waals surface area (Å²) in [5.41, 5.74) is 4.28. The molecule has 0 aromatic heterocycles. The first kappa shape index (κ1) is 11.5. The maximum atomic E-state index is 5.41. The van der Waals surface area contributed by atoms with Crippen LogP contribution in [0.15, 0.2) is 11.8 Å². The maximum Gasteiger partial charge on any atom is 0.0771 e. The Bertz CT molecular complexity index is 143. The van der Waals surface area contributed by atoms with Gasteiger partial charge in [0.25, 0.3) is 0 Å². The SMILES string of the molecule is CCO[C@@H](C)/C(C)=C/NN(C)C. The fourth-order valence-electron chi connectivity index (χ4n) is 0.730. The van der Waals surface area contributed by atoms with Crippen LogP contribution in [-0.4, -0.2) is 31.8 Å². The average Bonchev–Trinajstić information content (AvgIpc) is 2.00. The summed E-state index contributed by atoms with van der Waals surface area (Å²) >= 11 is 0. The van der Waals surface area contributed by atoms with Gasteiger partial charge in [0, 0.05) is 26.9 Å². The van der Waals surface area contributed by atoms with Crippen molar-refractivity contribution in [1.29, 1.82) is 0 Å². The standard InChI is InChI=1S/C9H20N2O/c1-6-12-9(3)8(2)7-10-11(4)5/h7,9-10H,6H2,1-5H3/b8-7+/t9-/m0/s1. The van der Waals surface area contributed by atoms with E-state index in [2.05, 4.69) is 12.3 Å². The number of nitrogens with zero attached hydrogens (tertiary/aromatic N) is 1. The Balaban J connectivity index is 3.81. The Morgan fingerprint density at radius 3 is 2.58 bits per heavy atom. The minimum atomic E-state index is 0.197. The van der Waals surface area contributed by atoms with Crippen LogP contribution in [0.2, 0.25) is 0 Å². The number of ether oxygens (including phenoxy) is 1. The maximum absolute atomic E-state index is 5.41. The summed E-state index contributed by atoms with van der Waals surface area (Å²) in [4.78, 5) is 0. The fourth-order valence-corrected chi connectivity index (χ4v) is 0.730. The Labute approximate surface area is 75.4 Å². The molecule has 1 atom stereocenters.